The number of para-hydroxylation sites is 1. The van der Waals surface area contributed by atoms with Crippen LogP contribution in [0.2, 0.25) is 24.7 Å². The summed E-state index contributed by atoms with van der Waals surface area (Å²) in [7, 11) is -1.25. The lowest BCUT2D eigenvalue weighted by atomic mass is 10.2. The predicted octanol–water partition coefficient (Wildman–Crippen LogP) is 3.37. The Morgan fingerprint density at radius 1 is 1.21 bits per heavy atom. The van der Waals surface area contributed by atoms with Gasteiger partial charge in [0, 0.05) is 5.39 Å². The fourth-order valence-electron chi connectivity index (χ4n) is 1.52. The maximum absolute atomic E-state index is 6.10. The molecule has 0 fully saturated rings. The summed E-state index contributed by atoms with van der Waals surface area (Å²) in [6.45, 7) is 6.98. The molecule has 1 aromatic carbocycles. The Balaban J connectivity index is 2.69. The number of halogens is 1. The Morgan fingerprint density at radius 2 is 1.93 bits per heavy atom. The van der Waals surface area contributed by atoms with E-state index >= 15 is 0 Å². The number of nitrogens with one attached hydrogen (secondary N) is 1. The number of H-pyrrole nitrogens is 1. The lowest BCUT2D eigenvalue weighted by Crippen LogP contribution is -2.38. The molecule has 0 aliphatic heterocycles. The molecule has 0 spiro atoms. The van der Waals surface area contributed by atoms with Gasteiger partial charge in [0.15, 0.2) is 0 Å². The van der Waals surface area contributed by atoms with Crippen LogP contribution in [0, 0.1) is 0 Å². The summed E-state index contributed by atoms with van der Waals surface area (Å²) in [4.78, 5) is 3.43. The van der Waals surface area contributed by atoms with Crippen molar-refractivity contribution in [3.63, 3.8) is 0 Å². The number of fused-ring (bicyclic) bond motifs is 1. The van der Waals surface area contributed by atoms with Gasteiger partial charge in [-0.3, -0.25) is 0 Å². The van der Waals surface area contributed by atoms with Gasteiger partial charge in [0.05, 0.1) is 18.6 Å². The second-order valence-corrected chi connectivity index (χ2v) is 10.1. The predicted molar refractivity (Wildman–Crippen MR) is 66.3 cm³/mol. The van der Waals surface area contributed by atoms with Crippen molar-refractivity contribution in [2.24, 2.45) is 0 Å². The van der Waals surface area contributed by atoms with Crippen LogP contribution in [0.15, 0.2) is 24.3 Å². The summed E-state index contributed by atoms with van der Waals surface area (Å²) in [5.41, 5.74) is 1.08. The van der Waals surface area contributed by atoms with E-state index in [-0.39, 0.29) is 0 Å². The summed E-state index contributed by atoms with van der Waals surface area (Å²) in [6, 6.07) is 8.25. The molecule has 2 aromatic rings. The molecule has 1 nitrogen and oxygen atoms in total. The molecule has 14 heavy (non-hydrogen) atoms. The lowest BCUT2D eigenvalue weighted by molar-refractivity contribution is 1.50. The number of aromatic amines is 1. The Bertz CT molecular complexity index is 468. The first kappa shape index (κ1) is 9.81. The van der Waals surface area contributed by atoms with Gasteiger partial charge in [-0.15, -0.1) is 0 Å². The van der Waals surface area contributed by atoms with Gasteiger partial charge in [0.1, 0.15) is 0 Å². The van der Waals surface area contributed by atoms with Crippen molar-refractivity contribution in [2.75, 3.05) is 0 Å². The van der Waals surface area contributed by atoms with E-state index in [1.54, 1.807) is 0 Å². The third-order valence-electron chi connectivity index (χ3n) is 2.41. The van der Waals surface area contributed by atoms with Crippen molar-refractivity contribution in [1.82, 2.24) is 4.98 Å². The molecule has 1 N–H and O–H groups in total. The quantitative estimate of drug-likeness (QED) is 0.714. The SMILES string of the molecule is C[Si](C)(C)c1cc2cccc(Cl)c2[nH]1. The van der Waals surface area contributed by atoms with Crippen molar-refractivity contribution < 1.29 is 0 Å². The maximum atomic E-state index is 6.10. The first-order valence-corrected chi connectivity index (χ1v) is 8.64. The summed E-state index contributed by atoms with van der Waals surface area (Å²) >= 11 is 6.10. The maximum Gasteiger partial charge on any atom is 0.0982 e. The third kappa shape index (κ3) is 1.60. The highest BCUT2D eigenvalue weighted by Crippen LogP contribution is 2.21. The van der Waals surface area contributed by atoms with E-state index in [1.165, 1.54) is 10.7 Å². The molecule has 0 radical (unpaired) electrons. The number of aromatic nitrogens is 1. The van der Waals surface area contributed by atoms with Crippen LogP contribution in [-0.4, -0.2) is 13.1 Å². The van der Waals surface area contributed by atoms with E-state index in [0.29, 0.717) is 0 Å². The smallest absolute Gasteiger partial charge is 0.0982 e. The number of benzene rings is 1. The molecule has 0 saturated carbocycles. The zero-order chi connectivity index (χ0) is 10.3. The van der Waals surface area contributed by atoms with Gasteiger partial charge in [0.2, 0.25) is 0 Å². The van der Waals surface area contributed by atoms with Crippen LogP contribution in [0.4, 0.5) is 0 Å². The fraction of sp³-hybridized carbons (Fsp3) is 0.273. The topological polar surface area (TPSA) is 15.8 Å². The Hall–Kier alpha value is -0.733. The Kier molecular flexibility index (Phi) is 2.20. The van der Waals surface area contributed by atoms with Gasteiger partial charge >= 0.3 is 0 Å². The highest BCUT2D eigenvalue weighted by molar-refractivity contribution is 6.88. The molecule has 3 heteroatoms. The molecule has 0 aliphatic carbocycles. The molecule has 1 aromatic heterocycles. The minimum Gasteiger partial charge on any atom is -0.361 e. The number of rotatable bonds is 1. The first-order chi connectivity index (χ1) is 6.48. The van der Waals surface area contributed by atoms with E-state index < -0.39 is 8.07 Å². The van der Waals surface area contributed by atoms with Crippen molar-refractivity contribution in [3.8, 4) is 0 Å². The number of hydrogen-bond donors (Lipinski definition) is 1. The minimum absolute atomic E-state index is 0.812. The molecular weight excluding hydrogens is 210 g/mol. The van der Waals surface area contributed by atoms with Crippen molar-refractivity contribution in [3.05, 3.63) is 29.3 Å². The zero-order valence-corrected chi connectivity index (χ0v) is 10.4. The summed E-state index contributed by atoms with van der Waals surface area (Å²) in [5, 5.41) is 3.39. The normalized spacial score (nSPS) is 12.3. The van der Waals surface area contributed by atoms with E-state index in [9.17, 15) is 0 Å². The first-order valence-electron chi connectivity index (χ1n) is 4.76. The van der Waals surface area contributed by atoms with Crippen LogP contribution in [0.25, 0.3) is 10.9 Å². The Morgan fingerprint density at radius 3 is 2.50 bits per heavy atom. The molecule has 0 atom stereocenters. The van der Waals surface area contributed by atoms with Crippen molar-refractivity contribution in [1.29, 1.82) is 0 Å². The van der Waals surface area contributed by atoms with E-state index in [1.807, 2.05) is 12.1 Å². The van der Waals surface area contributed by atoms with Gasteiger partial charge < -0.3 is 4.98 Å². The van der Waals surface area contributed by atoms with Gasteiger partial charge in [-0.05, 0) is 17.4 Å². The average molecular weight is 224 g/mol. The highest BCUT2D eigenvalue weighted by Gasteiger charge is 2.19. The molecule has 74 valence electrons. The van der Waals surface area contributed by atoms with Gasteiger partial charge in [-0.2, -0.15) is 0 Å². The van der Waals surface area contributed by atoms with Crippen LogP contribution in [0.5, 0.6) is 0 Å². The van der Waals surface area contributed by atoms with Crippen molar-refractivity contribution >= 4 is 35.9 Å². The van der Waals surface area contributed by atoms with Crippen LogP contribution >= 0.6 is 11.6 Å². The van der Waals surface area contributed by atoms with E-state index in [2.05, 4.69) is 36.8 Å². The van der Waals surface area contributed by atoms with Crippen LogP contribution < -0.4 is 5.32 Å². The molecule has 0 aliphatic rings. The van der Waals surface area contributed by atoms with Gasteiger partial charge in [0.25, 0.3) is 0 Å². The van der Waals surface area contributed by atoms with Crippen LogP contribution in [0.1, 0.15) is 0 Å². The lowest BCUT2D eigenvalue weighted by Gasteiger charge is -2.12. The van der Waals surface area contributed by atoms with Crippen LogP contribution in [0.3, 0.4) is 0 Å². The molecule has 2 rings (SSSR count). The molecule has 0 unspecified atom stereocenters. The highest BCUT2D eigenvalue weighted by atomic mass is 35.5. The van der Waals surface area contributed by atoms with Gasteiger partial charge in [-0.1, -0.05) is 43.4 Å². The summed E-state index contributed by atoms with van der Waals surface area (Å²) in [6.07, 6.45) is 0. The average Bonchev–Trinajstić information content (AvgIpc) is 2.48. The summed E-state index contributed by atoms with van der Waals surface area (Å²) in [5.74, 6) is 0. The standard InChI is InChI=1S/C11H14ClNSi/c1-14(2,3)10-7-8-5-4-6-9(12)11(8)13-10/h4-7,13H,1-3H3. The largest absolute Gasteiger partial charge is 0.361 e. The zero-order valence-electron chi connectivity index (χ0n) is 8.69. The van der Waals surface area contributed by atoms with Gasteiger partial charge in [-0.25, -0.2) is 0 Å². The minimum atomic E-state index is -1.25. The molecule has 1 heterocycles. The third-order valence-corrected chi connectivity index (χ3v) is 4.61. The molecular formula is C11H14ClNSi. The number of hydrogen-bond acceptors (Lipinski definition) is 0. The Labute approximate surface area is 90.1 Å². The fourth-order valence-corrected chi connectivity index (χ4v) is 2.84. The summed E-state index contributed by atoms with van der Waals surface area (Å²) < 4.78 is 0. The van der Waals surface area contributed by atoms with E-state index in [4.69, 9.17) is 11.6 Å². The second-order valence-electron chi connectivity index (χ2n) is 4.64. The van der Waals surface area contributed by atoms with Crippen LogP contribution in [-0.2, 0) is 0 Å². The second kappa shape index (κ2) is 3.14. The van der Waals surface area contributed by atoms with Crippen molar-refractivity contribution in [2.45, 2.75) is 19.6 Å². The molecule has 0 saturated heterocycles. The molecule has 0 amide bonds. The monoisotopic (exact) mass is 223 g/mol. The van der Waals surface area contributed by atoms with E-state index in [0.717, 1.165) is 10.5 Å². The molecule has 0 bridgehead atoms.